The third-order valence-corrected chi connectivity index (χ3v) is 4.12. The van der Waals surface area contributed by atoms with Crippen molar-refractivity contribution < 1.29 is 19.1 Å². The third kappa shape index (κ3) is 3.44. The lowest BCUT2D eigenvalue weighted by Gasteiger charge is -2.21. The van der Waals surface area contributed by atoms with Crippen molar-refractivity contribution >= 4 is 17.8 Å². The summed E-state index contributed by atoms with van der Waals surface area (Å²) in [5.74, 6) is -1.63. The molecule has 0 bridgehead atoms. The smallest absolute Gasteiger partial charge is 0.334 e. The maximum Gasteiger partial charge on any atom is 0.334 e. The summed E-state index contributed by atoms with van der Waals surface area (Å²) in [6, 6.07) is 17.7. The molecule has 1 fully saturated rings. The fraction of sp³-hybridized carbons (Fsp3) is 0.211. The first-order valence-corrected chi connectivity index (χ1v) is 7.91. The number of benzene rings is 2. The van der Waals surface area contributed by atoms with E-state index in [1.54, 1.807) is 12.1 Å². The summed E-state index contributed by atoms with van der Waals surface area (Å²) in [4.78, 5) is 39.0. The largest absolute Gasteiger partial charge is 0.375 e. The Hall–Kier alpha value is -2.99. The van der Waals surface area contributed by atoms with Crippen LogP contribution in [0, 0.1) is 0 Å². The Bertz CT molecular complexity index is 777. The number of amides is 4. The molecule has 6 heteroatoms. The van der Waals surface area contributed by atoms with E-state index in [1.165, 1.54) is 7.11 Å². The van der Waals surface area contributed by atoms with Crippen LogP contribution in [-0.4, -0.2) is 41.3 Å². The molecule has 0 aliphatic carbocycles. The summed E-state index contributed by atoms with van der Waals surface area (Å²) in [6.07, 6.45) is -0.487. The molecular weight excluding hydrogens is 320 g/mol. The van der Waals surface area contributed by atoms with E-state index in [1.807, 2.05) is 48.5 Å². The molecule has 128 valence electrons. The number of carbonyl (C=O) groups is 3. The number of imide groups is 2. The fourth-order valence-corrected chi connectivity index (χ4v) is 2.77. The van der Waals surface area contributed by atoms with Crippen molar-refractivity contribution in [2.24, 2.45) is 0 Å². The molecular formula is C19H18N2O4. The minimum atomic E-state index is -0.820. The molecule has 1 aliphatic rings. The molecule has 25 heavy (non-hydrogen) atoms. The highest BCUT2D eigenvalue weighted by Gasteiger charge is 2.45. The molecule has 0 spiro atoms. The van der Waals surface area contributed by atoms with Gasteiger partial charge in [-0.05, 0) is 11.1 Å². The van der Waals surface area contributed by atoms with Gasteiger partial charge in [0.15, 0.2) is 0 Å². The van der Waals surface area contributed by atoms with E-state index in [0.717, 1.165) is 20.9 Å². The van der Waals surface area contributed by atoms with Crippen molar-refractivity contribution in [1.82, 2.24) is 9.80 Å². The first-order chi connectivity index (χ1) is 12.1. The van der Waals surface area contributed by atoms with Gasteiger partial charge in [0.2, 0.25) is 0 Å². The molecule has 2 aromatic carbocycles. The van der Waals surface area contributed by atoms with Gasteiger partial charge in [-0.25, -0.2) is 4.79 Å². The van der Waals surface area contributed by atoms with Crippen molar-refractivity contribution in [1.29, 1.82) is 0 Å². The van der Waals surface area contributed by atoms with E-state index >= 15 is 0 Å². The summed E-state index contributed by atoms with van der Waals surface area (Å²) < 4.78 is 5.41. The summed E-state index contributed by atoms with van der Waals surface area (Å²) in [6.45, 7) is 0.0684. The minimum absolute atomic E-state index is 0.00475. The van der Waals surface area contributed by atoms with Crippen LogP contribution >= 0.6 is 0 Å². The standard InChI is InChI=1S/C19H18N2O4/c1-25-16(15-10-6-3-7-11-15)13-21-18(23)17(22)20(19(21)24)12-14-8-4-2-5-9-14/h2-11,16H,12-13H2,1H3. The van der Waals surface area contributed by atoms with Crippen molar-refractivity contribution in [2.45, 2.75) is 12.6 Å². The van der Waals surface area contributed by atoms with Crippen LogP contribution in [0.2, 0.25) is 0 Å². The second-order valence-corrected chi connectivity index (χ2v) is 5.71. The van der Waals surface area contributed by atoms with E-state index < -0.39 is 23.9 Å². The van der Waals surface area contributed by atoms with Crippen LogP contribution in [0.1, 0.15) is 17.2 Å². The highest BCUT2D eigenvalue weighted by molar-refractivity contribution is 6.44. The van der Waals surface area contributed by atoms with Crippen molar-refractivity contribution in [3.63, 3.8) is 0 Å². The van der Waals surface area contributed by atoms with Gasteiger partial charge in [0.25, 0.3) is 0 Å². The second-order valence-electron chi connectivity index (χ2n) is 5.71. The van der Waals surface area contributed by atoms with Crippen LogP contribution in [0.25, 0.3) is 0 Å². The Kier molecular flexibility index (Phi) is 4.90. The van der Waals surface area contributed by atoms with Gasteiger partial charge in [0, 0.05) is 7.11 Å². The highest BCUT2D eigenvalue weighted by Crippen LogP contribution is 2.22. The number of rotatable bonds is 6. The number of nitrogens with zero attached hydrogens (tertiary/aromatic N) is 2. The fourth-order valence-electron chi connectivity index (χ4n) is 2.77. The van der Waals surface area contributed by atoms with Crippen LogP contribution in [-0.2, 0) is 20.9 Å². The predicted octanol–water partition coefficient (Wildman–Crippen LogP) is 2.37. The summed E-state index contributed by atoms with van der Waals surface area (Å²) in [7, 11) is 1.51. The van der Waals surface area contributed by atoms with E-state index in [-0.39, 0.29) is 13.1 Å². The molecule has 4 amide bonds. The van der Waals surface area contributed by atoms with Crippen molar-refractivity contribution in [3.8, 4) is 0 Å². The molecule has 6 nitrogen and oxygen atoms in total. The lowest BCUT2D eigenvalue weighted by Crippen LogP contribution is -2.36. The first kappa shape index (κ1) is 16.9. The maximum atomic E-state index is 12.6. The summed E-state index contributed by atoms with van der Waals surface area (Å²) in [5.41, 5.74) is 1.62. The number of methoxy groups -OCH3 is 1. The van der Waals surface area contributed by atoms with Gasteiger partial charge in [-0.15, -0.1) is 0 Å². The SMILES string of the molecule is COC(CN1C(=O)C(=O)N(Cc2ccccc2)C1=O)c1ccccc1. The average molecular weight is 338 g/mol. The topological polar surface area (TPSA) is 66.9 Å². The van der Waals surface area contributed by atoms with Crippen LogP contribution in [0.4, 0.5) is 4.79 Å². The minimum Gasteiger partial charge on any atom is -0.375 e. The Morgan fingerprint density at radius 1 is 0.840 bits per heavy atom. The summed E-state index contributed by atoms with van der Waals surface area (Å²) in [5, 5.41) is 0. The average Bonchev–Trinajstić information content (AvgIpc) is 2.85. The zero-order valence-electron chi connectivity index (χ0n) is 13.8. The number of urea groups is 1. The van der Waals surface area contributed by atoms with Gasteiger partial charge >= 0.3 is 17.8 Å². The Morgan fingerprint density at radius 3 is 2.00 bits per heavy atom. The molecule has 1 atom stereocenters. The molecule has 0 radical (unpaired) electrons. The van der Waals surface area contributed by atoms with E-state index in [4.69, 9.17) is 4.74 Å². The van der Waals surface area contributed by atoms with Crippen molar-refractivity contribution in [2.75, 3.05) is 13.7 Å². The van der Waals surface area contributed by atoms with Crippen LogP contribution in [0.5, 0.6) is 0 Å². The number of ether oxygens (including phenoxy) is 1. The number of hydrogen-bond acceptors (Lipinski definition) is 4. The lowest BCUT2D eigenvalue weighted by atomic mass is 10.1. The van der Waals surface area contributed by atoms with Gasteiger partial charge in [0.05, 0.1) is 13.1 Å². The molecule has 3 rings (SSSR count). The number of hydrogen-bond donors (Lipinski definition) is 0. The molecule has 2 aromatic rings. The third-order valence-electron chi connectivity index (χ3n) is 4.12. The maximum absolute atomic E-state index is 12.6. The Labute approximate surface area is 145 Å². The molecule has 0 N–H and O–H groups in total. The zero-order chi connectivity index (χ0) is 17.8. The van der Waals surface area contributed by atoms with Crippen LogP contribution < -0.4 is 0 Å². The van der Waals surface area contributed by atoms with E-state index in [0.29, 0.717) is 0 Å². The molecule has 1 aliphatic heterocycles. The van der Waals surface area contributed by atoms with Gasteiger partial charge in [-0.1, -0.05) is 60.7 Å². The Morgan fingerprint density at radius 2 is 1.40 bits per heavy atom. The normalized spacial score (nSPS) is 15.8. The molecule has 0 saturated carbocycles. The van der Waals surface area contributed by atoms with E-state index in [9.17, 15) is 14.4 Å². The van der Waals surface area contributed by atoms with Crippen LogP contribution in [0.15, 0.2) is 60.7 Å². The van der Waals surface area contributed by atoms with Gasteiger partial charge in [-0.2, -0.15) is 0 Å². The number of carbonyl (C=O) groups excluding carboxylic acids is 3. The van der Waals surface area contributed by atoms with Gasteiger partial charge in [-0.3, -0.25) is 19.4 Å². The second kappa shape index (κ2) is 7.27. The van der Waals surface area contributed by atoms with Gasteiger partial charge < -0.3 is 4.74 Å². The molecule has 0 aromatic heterocycles. The predicted molar refractivity (Wildman–Crippen MR) is 90.3 cm³/mol. The monoisotopic (exact) mass is 338 g/mol. The highest BCUT2D eigenvalue weighted by atomic mass is 16.5. The zero-order valence-corrected chi connectivity index (χ0v) is 13.8. The van der Waals surface area contributed by atoms with Crippen LogP contribution in [0.3, 0.4) is 0 Å². The molecule has 1 heterocycles. The first-order valence-electron chi connectivity index (χ1n) is 7.91. The molecule has 1 saturated heterocycles. The molecule has 1 unspecified atom stereocenters. The van der Waals surface area contributed by atoms with Gasteiger partial charge in [0.1, 0.15) is 6.10 Å². The quantitative estimate of drug-likeness (QED) is 0.599. The van der Waals surface area contributed by atoms with Crippen molar-refractivity contribution in [3.05, 3.63) is 71.8 Å². The lowest BCUT2D eigenvalue weighted by molar-refractivity contribution is -0.144. The summed E-state index contributed by atoms with van der Waals surface area (Å²) >= 11 is 0. The Balaban J connectivity index is 1.77. The van der Waals surface area contributed by atoms with E-state index in [2.05, 4.69) is 0 Å².